The Morgan fingerprint density at radius 3 is 2.60 bits per heavy atom. The molecule has 47 heavy (non-hydrogen) atoms. The Bertz CT molecular complexity index is 1680. The van der Waals surface area contributed by atoms with E-state index >= 15 is 8.78 Å². The molecule has 5 aliphatic rings. The summed E-state index contributed by atoms with van der Waals surface area (Å²) < 4.78 is 51.9. The Balaban J connectivity index is 1.18. The summed E-state index contributed by atoms with van der Waals surface area (Å²) in [6.45, 7) is 2.47. The highest BCUT2D eigenvalue weighted by Crippen LogP contribution is 2.72. The fourth-order valence-corrected chi connectivity index (χ4v) is 9.64. The number of aliphatic hydroxyl groups is 2. The molecule has 3 saturated carbocycles. The van der Waals surface area contributed by atoms with E-state index in [1.165, 1.54) is 19.1 Å². The number of methoxy groups -OCH3 is 1. The molecule has 0 radical (unpaired) electrons. The molecular weight excluding hydrogens is 608 g/mol. The average molecular weight is 648 g/mol. The van der Waals surface area contributed by atoms with Crippen molar-refractivity contribution >= 4 is 17.3 Å². The molecule has 1 aliphatic heterocycles. The summed E-state index contributed by atoms with van der Waals surface area (Å²) in [7, 11) is 3.38. The van der Waals surface area contributed by atoms with Crippen molar-refractivity contribution in [2.75, 3.05) is 26.1 Å². The second-order valence-electron chi connectivity index (χ2n) is 14.0. The van der Waals surface area contributed by atoms with Crippen LogP contribution in [0.3, 0.4) is 0 Å². The fraction of sp³-hybridized carbons (Fsp3) is 0.514. The minimum absolute atomic E-state index is 0.0342. The van der Waals surface area contributed by atoms with E-state index in [4.69, 9.17) is 14.2 Å². The number of benzene rings is 1. The monoisotopic (exact) mass is 647 g/mol. The fourth-order valence-electron chi connectivity index (χ4n) is 9.64. The Morgan fingerprint density at radius 1 is 1.17 bits per heavy atom. The summed E-state index contributed by atoms with van der Waals surface area (Å²) in [5.41, 5.74) is -3.44. The van der Waals surface area contributed by atoms with Crippen LogP contribution in [-0.4, -0.2) is 72.2 Å². The number of anilines is 1. The van der Waals surface area contributed by atoms with Crippen LogP contribution in [-0.2, 0) is 25.5 Å². The number of ether oxygens (including phenoxy) is 3. The third kappa shape index (κ3) is 4.26. The quantitative estimate of drug-likeness (QED) is 0.401. The molecular formula is C37H39F2NO7. The molecule has 0 aromatic heterocycles. The van der Waals surface area contributed by atoms with Crippen molar-refractivity contribution in [1.29, 1.82) is 0 Å². The first-order chi connectivity index (χ1) is 22.4. The normalized spacial score (nSPS) is 40.0. The first-order valence-electron chi connectivity index (χ1n) is 16.1. The summed E-state index contributed by atoms with van der Waals surface area (Å²) >= 11 is 0. The summed E-state index contributed by atoms with van der Waals surface area (Å²) in [6.07, 6.45) is -0.927. The number of carbonyl (C=O) groups is 2. The van der Waals surface area contributed by atoms with E-state index in [2.05, 4.69) is 17.4 Å². The van der Waals surface area contributed by atoms with Gasteiger partial charge in [-0.2, -0.15) is 0 Å². The average Bonchev–Trinajstić information content (AvgIpc) is 3.56. The van der Waals surface area contributed by atoms with Crippen LogP contribution in [0.25, 0.3) is 0 Å². The highest BCUT2D eigenvalue weighted by Gasteiger charge is 2.80. The van der Waals surface area contributed by atoms with Gasteiger partial charge in [-0.3, -0.25) is 9.59 Å². The van der Waals surface area contributed by atoms with Crippen LogP contribution in [0, 0.1) is 34.8 Å². The lowest BCUT2D eigenvalue weighted by Crippen LogP contribution is -2.70. The number of rotatable bonds is 7. The van der Waals surface area contributed by atoms with Crippen LogP contribution in [0.2, 0.25) is 0 Å². The minimum Gasteiger partial charge on any atom is -0.494 e. The van der Waals surface area contributed by atoms with Gasteiger partial charge < -0.3 is 29.7 Å². The lowest BCUT2D eigenvalue weighted by atomic mass is 9.44. The van der Waals surface area contributed by atoms with Crippen LogP contribution < -0.4 is 10.1 Å². The number of Topliss-reactive ketones (excluding diaryl/α,β-unsaturated/α-hetero) is 1. The SMILES string of the molecule is CNc1c#cc(Cc2ccc([C@H]3O[C@@H]4C[C@H]5[C@@H]6C[C@H](F)C7=CC(=O)C=C[C@]7(C)[C@@]6(F)[C@@H](O)C[C@]5(C)[C@]4(C(=O)CO)O3)cc2)cc1OC. The molecule has 1 heterocycles. The van der Waals surface area contributed by atoms with Crippen LogP contribution >= 0.6 is 0 Å². The maximum atomic E-state index is 17.6. The van der Waals surface area contributed by atoms with Crippen molar-refractivity contribution in [1.82, 2.24) is 0 Å². The van der Waals surface area contributed by atoms with Crippen LogP contribution in [0.5, 0.6) is 5.75 Å². The van der Waals surface area contributed by atoms with E-state index in [1.807, 2.05) is 30.3 Å². The molecule has 10 atom stereocenters. The van der Waals surface area contributed by atoms with Crippen LogP contribution in [0.4, 0.5) is 14.5 Å². The van der Waals surface area contributed by atoms with E-state index in [1.54, 1.807) is 21.1 Å². The minimum atomic E-state index is -2.30. The zero-order valence-electron chi connectivity index (χ0n) is 26.8. The molecule has 0 bridgehead atoms. The van der Waals surface area contributed by atoms with Crippen molar-refractivity contribution in [3.8, 4) is 5.75 Å². The molecule has 2 aromatic rings. The first-order valence-corrected chi connectivity index (χ1v) is 16.1. The number of aliphatic hydroxyl groups excluding tert-OH is 2. The number of hydrogen-bond donors (Lipinski definition) is 3. The van der Waals surface area contributed by atoms with Gasteiger partial charge in [-0.15, -0.1) is 0 Å². The van der Waals surface area contributed by atoms with E-state index in [0.29, 0.717) is 23.4 Å². The number of halogens is 2. The topological polar surface area (TPSA) is 114 Å². The Morgan fingerprint density at radius 2 is 1.91 bits per heavy atom. The standard InChI is InChI=1S/C37H39F2NO7/c1-34-12-11-23(42)15-26(34)27(38)16-25-24-17-32-37(31(44)19-41,35(24,2)18-30(43)36(25,34)39)47-33(46-32)22-8-5-20(6-9-22)13-21-7-10-28(40-3)29(14-21)45-4/h5-6,8-9,11-12,14-15,24-25,27,30,32-33,40-41,43H,13,16-19H2,1-4H3/t24-,25-,27-,30-,32+,33-,34-,35-,36-,37+/m0/s1. The summed E-state index contributed by atoms with van der Waals surface area (Å²) in [5, 5.41) is 24.9. The molecule has 3 N–H and O–H groups in total. The van der Waals surface area contributed by atoms with Gasteiger partial charge in [0.25, 0.3) is 0 Å². The van der Waals surface area contributed by atoms with Gasteiger partial charge >= 0.3 is 0 Å². The summed E-state index contributed by atoms with van der Waals surface area (Å²) in [6, 6.07) is 15.6. The Kier molecular flexibility index (Phi) is 7.45. The largest absolute Gasteiger partial charge is 0.494 e. The van der Waals surface area contributed by atoms with Gasteiger partial charge in [0.1, 0.15) is 18.5 Å². The number of fused-ring (bicyclic) bond motifs is 7. The molecule has 4 fully saturated rings. The number of nitrogens with one attached hydrogen (secondary N) is 1. The van der Waals surface area contributed by atoms with Crippen molar-refractivity contribution in [2.24, 2.45) is 22.7 Å². The molecule has 4 aliphatic carbocycles. The Hall–Kier alpha value is -3.62. The van der Waals surface area contributed by atoms with E-state index < -0.39 is 76.8 Å². The van der Waals surface area contributed by atoms with Crippen molar-refractivity contribution in [2.45, 2.75) is 75.5 Å². The van der Waals surface area contributed by atoms with Gasteiger partial charge in [-0.25, -0.2) is 8.78 Å². The van der Waals surface area contributed by atoms with Crippen LogP contribution in [0.15, 0.2) is 54.1 Å². The number of alkyl halides is 2. The lowest BCUT2D eigenvalue weighted by Gasteiger charge is -2.63. The molecule has 7 rings (SSSR count). The van der Waals surface area contributed by atoms with Gasteiger partial charge in [0.2, 0.25) is 0 Å². The molecule has 10 heteroatoms. The molecule has 248 valence electrons. The third-order valence-electron chi connectivity index (χ3n) is 11.9. The summed E-state index contributed by atoms with van der Waals surface area (Å²) in [5.74, 6) is -1.98. The number of hydrogen-bond acceptors (Lipinski definition) is 8. The lowest BCUT2D eigenvalue weighted by molar-refractivity contribution is -0.235. The Labute approximate surface area is 272 Å². The smallest absolute Gasteiger partial charge is 0.193 e. The predicted octanol–water partition coefficient (Wildman–Crippen LogP) is 4.57. The molecule has 0 amide bonds. The van der Waals surface area contributed by atoms with E-state index in [-0.39, 0.29) is 24.8 Å². The second-order valence-corrected chi connectivity index (χ2v) is 14.0. The first kappa shape index (κ1) is 32.0. The highest BCUT2D eigenvalue weighted by molar-refractivity contribution is 6.01. The highest BCUT2D eigenvalue weighted by atomic mass is 19.1. The van der Waals surface area contributed by atoms with E-state index in [9.17, 15) is 19.8 Å². The summed E-state index contributed by atoms with van der Waals surface area (Å²) in [4.78, 5) is 25.9. The number of carbonyl (C=O) groups excluding carboxylic acids is 2. The second kappa shape index (κ2) is 11.0. The van der Waals surface area contributed by atoms with Gasteiger partial charge in [0.15, 0.2) is 34.9 Å². The number of ketones is 2. The zero-order valence-corrected chi connectivity index (χ0v) is 26.8. The molecule has 8 nitrogen and oxygen atoms in total. The zero-order chi connectivity index (χ0) is 33.5. The van der Waals surface area contributed by atoms with Gasteiger partial charge in [0, 0.05) is 41.3 Å². The third-order valence-corrected chi connectivity index (χ3v) is 11.9. The maximum Gasteiger partial charge on any atom is 0.193 e. The van der Waals surface area contributed by atoms with Gasteiger partial charge in [-0.1, -0.05) is 43.3 Å². The molecule has 0 unspecified atom stereocenters. The number of allylic oxidation sites excluding steroid dienone is 4. The molecule has 1 saturated heterocycles. The van der Waals surface area contributed by atoms with Crippen molar-refractivity contribution in [3.05, 3.63) is 83.0 Å². The molecule has 0 spiro atoms. The van der Waals surface area contributed by atoms with Gasteiger partial charge in [-0.05, 0) is 67.5 Å². The maximum absolute atomic E-state index is 17.6. The van der Waals surface area contributed by atoms with Crippen molar-refractivity contribution < 1.29 is 42.8 Å². The predicted molar refractivity (Wildman–Crippen MR) is 167 cm³/mol. The van der Waals surface area contributed by atoms with Crippen LogP contribution in [0.1, 0.15) is 56.1 Å². The van der Waals surface area contributed by atoms with Gasteiger partial charge in [0.05, 0.1) is 19.3 Å². The molecule has 2 aromatic carbocycles. The van der Waals surface area contributed by atoms with Crippen molar-refractivity contribution in [3.63, 3.8) is 0 Å². The van der Waals surface area contributed by atoms with E-state index in [0.717, 1.165) is 17.2 Å².